The van der Waals surface area contributed by atoms with Crippen LogP contribution in [-0.4, -0.2) is 5.78 Å². The van der Waals surface area contributed by atoms with E-state index in [0.29, 0.717) is 24.6 Å². The monoisotopic (exact) mass is 530 g/mol. The summed E-state index contributed by atoms with van der Waals surface area (Å²) in [5, 5.41) is 0. The smallest absolute Gasteiger partial charge is 0.416 e. The van der Waals surface area contributed by atoms with Gasteiger partial charge in [-0.2, -0.15) is 26.3 Å². The Morgan fingerprint density at radius 2 is 1.22 bits per heavy atom. The Morgan fingerprint density at radius 3 is 1.68 bits per heavy atom. The summed E-state index contributed by atoms with van der Waals surface area (Å²) < 4.78 is 114. The van der Waals surface area contributed by atoms with Crippen LogP contribution in [0.25, 0.3) is 11.1 Å². The molecule has 0 N–H and O–H groups in total. The number of carbonyl (C=O) groups is 1. The van der Waals surface area contributed by atoms with Crippen LogP contribution in [0.3, 0.4) is 0 Å². The number of rotatable bonds is 7. The molecule has 2 nitrogen and oxygen atoms in total. The average Bonchev–Trinajstić information content (AvgIpc) is 2.74. The van der Waals surface area contributed by atoms with E-state index in [2.05, 4.69) is 0 Å². The minimum atomic E-state index is -5.06. The molecule has 10 heteroatoms. The van der Waals surface area contributed by atoms with Crippen molar-refractivity contribution < 1.29 is 44.7 Å². The lowest BCUT2D eigenvalue weighted by Gasteiger charge is -2.20. The van der Waals surface area contributed by atoms with E-state index in [4.69, 9.17) is 4.74 Å². The van der Waals surface area contributed by atoms with Crippen LogP contribution in [0, 0.1) is 17.6 Å². The van der Waals surface area contributed by atoms with E-state index in [9.17, 15) is 39.9 Å². The summed E-state index contributed by atoms with van der Waals surface area (Å²) in [6.07, 6.45) is -9.79. The highest BCUT2D eigenvalue weighted by Gasteiger charge is 2.37. The van der Waals surface area contributed by atoms with Crippen LogP contribution >= 0.6 is 0 Å². The molecule has 0 saturated carbocycles. The first kappa shape index (κ1) is 28.1. The molecule has 1 unspecified atom stereocenters. The Kier molecular flexibility index (Phi) is 8.00. The van der Waals surface area contributed by atoms with Crippen molar-refractivity contribution in [2.75, 3.05) is 0 Å². The summed E-state index contributed by atoms with van der Waals surface area (Å²) >= 11 is 0. The van der Waals surface area contributed by atoms with Crippen molar-refractivity contribution in [3.63, 3.8) is 0 Å². The van der Waals surface area contributed by atoms with E-state index in [1.54, 1.807) is 0 Å². The Balaban J connectivity index is 2.25. The standard InChI is InChI=1S/C27H22F8O2/c1-14(2)4-25(15(3)36)18-5-16(8-23(9-18)37-24-12-21(28)11-22(29)13-24)17-6-19(26(30,31)32)10-20(7-17)27(33,34)35/h5-14,25H,4H2,1-3H3. The van der Waals surface area contributed by atoms with E-state index in [-0.39, 0.29) is 40.4 Å². The van der Waals surface area contributed by atoms with Gasteiger partial charge < -0.3 is 4.74 Å². The first-order valence-corrected chi connectivity index (χ1v) is 11.1. The van der Waals surface area contributed by atoms with E-state index >= 15 is 0 Å². The van der Waals surface area contributed by atoms with Crippen molar-refractivity contribution >= 4 is 5.78 Å². The Bertz CT molecular complexity index is 1240. The van der Waals surface area contributed by atoms with Gasteiger partial charge >= 0.3 is 12.4 Å². The second kappa shape index (κ2) is 10.5. The number of carbonyl (C=O) groups excluding carboxylic acids is 1. The molecule has 0 fully saturated rings. The number of ketones is 1. The third-order valence-electron chi connectivity index (χ3n) is 5.52. The van der Waals surface area contributed by atoms with Gasteiger partial charge in [-0.3, -0.25) is 4.79 Å². The number of hydrogen-bond acceptors (Lipinski definition) is 2. The van der Waals surface area contributed by atoms with Crippen LogP contribution < -0.4 is 4.74 Å². The van der Waals surface area contributed by atoms with Gasteiger partial charge in [0.05, 0.1) is 11.1 Å². The molecule has 0 aliphatic rings. The fourth-order valence-corrected chi connectivity index (χ4v) is 3.90. The van der Waals surface area contributed by atoms with Gasteiger partial charge in [-0.25, -0.2) is 8.78 Å². The van der Waals surface area contributed by atoms with Crippen molar-refractivity contribution in [2.24, 2.45) is 5.92 Å². The van der Waals surface area contributed by atoms with Crippen molar-refractivity contribution in [3.8, 4) is 22.6 Å². The Morgan fingerprint density at radius 1 is 0.730 bits per heavy atom. The summed E-state index contributed by atoms with van der Waals surface area (Å²) in [6.45, 7) is 5.00. The largest absolute Gasteiger partial charge is 0.457 e. The maximum Gasteiger partial charge on any atom is 0.416 e. The fraction of sp³-hybridized carbons (Fsp3) is 0.296. The highest BCUT2D eigenvalue weighted by molar-refractivity contribution is 5.84. The van der Waals surface area contributed by atoms with Gasteiger partial charge in [-0.05, 0) is 66.3 Å². The highest BCUT2D eigenvalue weighted by Crippen LogP contribution is 2.41. The van der Waals surface area contributed by atoms with Crippen LogP contribution in [0.4, 0.5) is 35.1 Å². The quantitative estimate of drug-likeness (QED) is 0.285. The minimum absolute atomic E-state index is 0.0113. The third-order valence-corrected chi connectivity index (χ3v) is 5.52. The number of Topliss-reactive ketones (excluding diaryl/α,β-unsaturated/α-hetero) is 1. The van der Waals surface area contributed by atoms with Crippen molar-refractivity contribution in [1.82, 2.24) is 0 Å². The molecule has 0 bridgehead atoms. The molecule has 0 heterocycles. The number of alkyl halides is 6. The molecule has 0 amide bonds. The van der Waals surface area contributed by atoms with Gasteiger partial charge in [0.2, 0.25) is 0 Å². The SMILES string of the molecule is CC(=O)C(CC(C)C)c1cc(Oc2cc(F)cc(F)c2)cc(-c2cc(C(F)(F)F)cc(C(F)(F)F)c2)c1. The number of halogens is 8. The molecule has 3 aromatic rings. The average molecular weight is 530 g/mol. The van der Waals surface area contributed by atoms with Crippen molar-refractivity contribution in [2.45, 2.75) is 45.5 Å². The maximum absolute atomic E-state index is 13.7. The molecule has 198 valence electrons. The summed E-state index contributed by atoms with van der Waals surface area (Å²) in [7, 11) is 0. The Hall–Kier alpha value is -3.43. The second-order valence-corrected chi connectivity index (χ2v) is 9.09. The first-order valence-electron chi connectivity index (χ1n) is 11.1. The fourth-order valence-electron chi connectivity index (χ4n) is 3.90. The molecule has 0 aliphatic heterocycles. The van der Waals surface area contributed by atoms with Gasteiger partial charge in [0.1, 0.15) is 28.9 Å². The molecule has 3 rings (SSSR count). The van der Waals surface area contributed by atoms with Crippen LogP contribution in [-0.2, 0) is 17.1 Å². The molecule has 0 aromatic heterocycles. The molecule has 37 heavy (non-hydrogen) atoms. The topological polar surface area (TPSA) is 26.3 Å². The lowest BCUT2D eigenvalue weighted by Crippen LogP contribution is -2.12. The highest BCUT2D eigenvalue weighted by atomic mass is 19.4. The zero-order chi connectivity index (χ0) is 27.7. The predicted molar refractivity (Wildman–Crippen MR) is 121 cm³/mol. The van der Waals surface area contributed by atoms with Crippen LogP contribution in [0.2, 0.25) is 0 Å². The summed E-state index contributed by atoms with van der Waals surface area (Å²) in [5.41, 5.74) is -3.27. The Labute approximate surface area is 207 Å². The lowest BCUT2D eigenvalue weighted by molar-refractivity contribution is -0.143. The molecular weight excluding hydrogens is 508 g/mol. The van der Waals surface area contributed by atoms with Gasteiger partial charge in [0, 0.05) is 24.1 Å². The molecule has 0 spiro atoms. The number of ether oxygens (including phenoxy) is 1. The maximum atomic E-state index is 13.7. The molecule has 1 atom stereocenters. The summed E-state index contributed by atoms with van der Waals surface area (Å²) in [5.74, 6) is -3.35. The summed E-state index contributed by atoms with van der Waals surface area (Å²) in [4.78, 5) is 12.4. The van der Waals surface area contributed by atoms with Crippen molar-refractivity contribution in [1.29, 1.82) is 0 Å². The number of benzene rings is 3. The second-order valence-electron chi connectivity index (χ2n) is 9.09. The van der Waals surface area contributed by atoms with E-state index in [1.807, 2.05) is 13.8 Å². The summed E-state index contributed by atoms with van der Waals surface area (Å²) in [6, 6.07) is 7.30. The zero-order valence-corrected chi connectivity index (χ0v) is 19.9. The number of hydrogen-bond donors (Lipinski definition) is 0. The van der Waals surface area contributed by atoms with Crippen LogP contribution in [0.15, 0.2) is 54.6 Å². The molecule has 0 radical (unpaired) electrons. The van der Waals surface area contributed by atoms with Gasteiger partial charge in [0.15, 0.2) is 0 Å². The van der Waals surface area contributed by atoms with E-state index < -0.39 is 46.6 Å². The lowest BCUT2D eigenvalue weighted by atomic mass is 9.85. The minimum Gasteiger partial charge on any atom is -0.457 e. The van der Waals surface area contributed by atoms with E-state index in [1.165, 1.54) is 19.1 Å². The molecule has 0 aliphatic carbocycles. The van der Waals surface area contributed by atoms with E-state index in [0.717, 1.165) is 18.2 Å². The first-order chi connectivity index (χ1) is 17.0. The molecule has 3 aromatic carbocycles. The van der Waals surface area contributed by atoms with Crippen LogP contribution in [0.5, 0.6) is 11.5 Å². The predicted octanol–water partition coefficient (Wildman–Crippen LogP) is 9.18. The molecular formula is C27H22F8O2. The van der Waals surface area contributed by atoms with Gasteiger partial charge in [-0.15, -0.1) is 0 Å². The molecule has 0 saturated heterocycles. The third kappa shape index (κ3) is 7.30. The van der Waals surface area contributed by atoms with Crippen LogP contribution in [0.1, 0.15) is 49.8 Å². The van der Waals surface area contributed by atoms with Gasteiger partial charge in [-0.1, -0.05) is 19.9 Å². The van der Waals surface area contributed by atoms with Gasteiger partial charge in [0.25, 0.3) is 0 Å². The zero-order valence-electron chi connectivity index (χ0n) is 19.9. The normalized spacial score (nSPS) is 13.1. The van der Waals surface area contributed by atoms with Crippen molar-refractivity contribution in [3.05, 3.63) is 82.9 Å².